The summed E-state index contributed by atoms with van der Waals surface area (Å²) in [7, 11) is -6.98. The average molecular weight is 307 g/mol. The van der Waals surface area contributed by atoms with Gasteiger partial charge in [-0.2, -0.15) is 0 Å². The lowest BCUT2D eigenvalue weighted by atomic mass is 10.2. The van der Waals surface area contributed by atoms with E-state index in [9.17, 15) is 16.8 Å². The zero-order valence-electron chi connectivity index (χ0n) is 10.5. The minimum absolute atomic E-state index is 0.0149. The molecule has 0 atom stereocenters. The van der Waals surface area contributed by atoms with E-state index >= 15 is 0 Å². The number of hydrogen-bond acceptors (Lipinski definition) is 6. The molecule has 0 aromatic heterocycles. The molecule has 108 valence electrons. The monoisotopic (exact) mass is 307 g/mol. The highest BCUT2D eigenvalue weighted by atomic mass is 32.2. The smallest absolute Gasteiger partial charge is 0.240 e. The van der Waals surface area contributed by atoms with Crippen molar-refractivity contribution in [3.05, 3.63) is 18.2 Å². The summed E-state index contributed by atoms with van der Waals surface area (Å²) in [5, 5.41) is 7.81. The Labute approximate surface area is 113 Å². The number of benzene rings is 1. The normalized spacial score (nSPS) is 12.3. The molecule has 0 bridgehead atoms. The van der Waals surface area contributed by atoms with Gasteiger partial charge in [-0.1, -0.05) is 13.0 Å². The van der Waals surface area contributed by atoms with Gasteiger partial charge in [0.1, 0.15) is 4.90 Å². The maximum Gasteiger partial charge on any atom is 0.240 e. The SMILES string of the molecule is CCS(=O)(=O)CCNc1cccc(S(N)(=O)=O)c1N. The lowest BCUT2D eigenvalue weighted by molar-refractivity contribution is 0.596. The lowest BCUT2D eigenvalue weighted by Crippen LogP contribution is -2.19. The van der Waals surface area contributed by atoms with Crippen LogP contribution in [0.2, 0.25) is 0 Å². The number of nitrogen functional groups attached to an aromatic ring is 1. The molecule has 0 radical (unpaired) electrons. The van der Waals surface area contributed by atoms with Crippen molar-refractivity contribution in [2.45, 2.75) is 11.8 Å². The second-order valence-electron chi connectivity index (χ2n) is 3.93. The van der Waals surface area contributed by atoms with Gasteiger partial charge in [-0.05, 0) is 12.1 Å². The Morgan fingerprint density at radius 3 is 2.37 bits per heavy atom. The van der Waals surface area contributed by atoms with Gasteiger partial charge in [-0.15, -0.1) is 0 Å². The molecule has 0 saturated carbocycles. The quantitative estimate of drug-likeness (QED) is 0.621. The zero-order chi connectivity index (χ0) is 14.7. The van der Waals surface area contributed by atoms with E-state index in [1.165, 1.54) is 12.1 Å². The molecule has 0 aliphatic carbocycles. The summed E-state index contributed by atoms with van der Waals surface area (Å²) in [5.41, 5.74) is 6.01. The molecule has 19 heavy (non-hydrogen) atoms. The van der Waals surface area contributed by atoms with Crippen LogP contribution in [0.3, 0.4) is 0 Å². The van der Waals surface area contributed by atoms with Gasteiger partial charge in [-0.3, -0.25) is 0 Å². The van der Waals surface area contributed by atoms with Crippen molar-refractivity contribution in [1.82, 2.24) is 0 Å². The summed E-state index contributed by atoms with van der Waals surface area (Å²) in [6.45, 7) is 1.71. The third kappa shape index (κ3) is 4.37. The number of primary sulfonamides is 1. The molecule has 1 rings (SSSR count). The molecule has 0 amide bonds. The first kappa shape index (κ1) is 15.7. The average Bonchev–Trinajstić information content (AvgIpc) is 2.29. The molecule has 0 spiro atoms. The van der Waals surface area contributed by atoms with E-state index in [0.29, 0.717) is 5.69 Å². The van der Waals surface area contributed by atoms with Crippen LogP contribution in [-0.4, -0.2) is 34.9 Å². The van der Waals surface area contributed by atoms with Crippen molar-refractivity contribution in [1.29, 1.82) is 0 Å². The standard InChI is InChI=1S/C10H17N3O4S2/c1-2-18(14,15)7-6-13-8-4-3-5-9(10(8)11)19(12,16)17/h3-5,13H,2,6-7,11H2,1H3,(H2,12,16,17). The van der Waals surface area contributed by atoms with Crippen molar-refractivity contribution >= 4 is 31.2 Å². The maximum absolute atomic E-state index is 11.3. The fourth-order valence-corrected chi connectivity index (χ4v) is 2.82. The predicted octanol–water partition coefficient (Wildman–Crippen LogP) is -0.237. The number of nitrogens with one attached hydrogen (secondary N) is 1. The Bertz CT molecular complexity index is 653. The molecular formula is C10H17N3O4S2. The molecule has 7 nitrogen and oxygen atoms in total. The molecule has 1 aromatic rings. The van der Waals surface area contributed by atoms with Crippen LogP contribution in [0.5, 0.6) is 0 Å². The molecule has 0 aliphatic rings. The van der Waals surface area contributed by atoms with Crippen LogP contribution < -0.4 is 16.2 Å². The van der Waals surface area contributed by atoms with Gasteiger partial charge in [0, 0.05) is 12.3 Å². The zero-order valence-corrected chi connectivity index (χ0v) is 12.1. The molecule has 5 N–H and O–H groups in total. The third-order valence-corrected chi connectivity index (χ3v) is 5.22. The largest absolute Gasteiger partial charge is 0.396 e. The molecule has 0 heterocycles. The van der Waals surface area contributed by atoms with E-state index in [1.807, 2.05) is 0 Å². The van der Waals surface area contributed by atoms with Crippen LogP contribution in [0, 0.1) is 0 Å². The molecular weight excluding hydrogens is 290 g/mol. The van der Waals surface area contributed by atoms with Crippen molar-refractivity contribution in [3.8, 4) is 0 Å². The molecule has 1 aromatic carbocycles. The number of anilines is 2. The minimum atomic E-state index is -3.90. The first-order valence-electron chi connectivity index (χ1n) is 5.53. The molecule has 0 aliphatic heterocycles. The van der Waals surface area contributed by atoms with Crippen molar-refractivity contribution in [3.63, 3.8) is 0 Å². The highest BCUT2D eigenvalue weighted by Gasteiger charge is 2.15. The van der Waals surface area contributed by atoms with Gasteiger partial charge in [0.05, 0.1) is 17.1 Å². The van der Waals surface area contributed by atoms with Gasteiger partial charge in [0.2, 0.25) is 10.0 Å². The number of sulfonamides is 1. The lowest BCUT2D eigenvalue weighted by Gasteiger charge is -2.11. The van der Waals surface area contributed by atoms with E-state index in [2.05, 4.69) is 5.32 Å². The summed E-state index contributed by atoms with van der Waals surface area (Å²) >= 11 is 0. The first-order valence-corrected chi connectivity index (χ1v) is 8.89. The van der Waals surface area contributed by atoms with E-state index in [4.69, 9.17) is 10.9 Å². The van der Waals surface area contributed by atoms with E-state index in [-0.39, 0.29) is 28.6 Å². The third-order valence-electron chi connectivity index (χ3n) is 2.54. The van der Waals surface area contributed by atoms with Gasteiger partial charge in [0.25, 0.3) is 0 Å². The molecule has 0 saturated heterocycles. The van der Waals surface area contributed by atoms with Crippen molar-refractivity contribution < 1.29 is 16.8 Å². The number of hydrogen-bond donors (Lipinski definition) is 3. The van der Waals surface area contributed by atoms with Crippen LogP contribution in [0.4, 0.5) is 11.4 Å². The topological polar surface area (TPSA) is 132 Å². The van der Waals surface area contributed by atoms with Crippen LogP contribution in [0.25, 0.3) is 0 Å². The van der Waals surface area contributed by atoms with Gasteiger partial charge in [-0.25, -0.2) is 22.0 Å². The number of nitrogens with two attached hydrogens (primary N) is 2. The summed E-state index contributed by atoms with van der Waals surface area (Å²) < 4.78 is 45.1. The van der Waals surface area contributed by atoms with Crippen molar-refractivity contribution in [2.75, 3.05) is 29.1 Å². The fourth-order valence-electron chi connectivity index (χ4n) is 1.43. The Hall–Kier alpha value is -1.32. The van der Waals surface area contributed by atoms with Crippen molar-refractivity contribution in [2.24, 2.45) is 5.14 Å². The Balaban J connectivity index is 2.87. The van der Waals surface area contributed by atoms with E-state index < -0.39 is 19.9 Å². The van der Waals surface area contributed by atoms with E-state index in [1.54, 1.807) is 13.0 Å². The summed E-state index contributed by atoms with van der Waals surface area (Å²) in [6, 6.07) is 4.33. The number of sulfone groups is 1. The van der Waals surface area contributed by atoms with E-state index in [0.717, 1.165) is 0 Å². The highest BCUT2D eigenvalue weighted by Crippen LogP contribution is 2.25. The Morgan fingerprint density at radius 1 is 1.21 bits per heavy atom. The van der Waals surface area contributed by atoms with Crippen LogP contribution in [0.1, 0.15) is 6.92 Å². The minimum Gasteiger partial charge on any atom is -0.396 e. The number of para-hydroxylation sites is 1. The highest BCUT2D eigenvalue weighted by molar-refractivity contribution is 7.91. The Morgan fingerprint density at radius 2 is 1.84 bits per heavy atom. The summed E-state index contributed by atoms with van der Waals surface area (Å²) in [4.78, 5) is -0.184. The van der Waals surface area contributed by atoms with Crippen LogP contribution >= 0.6 is 0 Å². The maximum atomic E-state index is 11.3. The van der Waals surface area contributed by atoms with Gasteiger partial charge < -0.3 is 11.1 Å². The Kier molecular flexibility index (Phi) is 4.77. The summed E-state index contributed by atoms with van der Waals surface area (Å²) in [6.07, 6.45) is 0. The van der Waals surface area contributed by atoms with Gasteiger partial charge in [0.15, 0.2) is 9.84 Å². The van der Waals surface area contributed by atoms with Gasteiger partial charge >= 0.3 is 0 Å². The number of rotatable bonds is 6. The first-order chi connectivity index (χ1) is 8.67. The predicted molar refractivity (Wildman–Crippen MR) is 75.0 cm³/mol. The molecule has 9 heteroatoms. The second kappa shape index (κ2) is 5.76. The fraction of sp³-hybridized carbons (Fsp3) is 0.400. The van der Waals surface area contributed by atoms with Crippen LogP contribution in [0.15, 0.2) is 23.1 Å². The second-order valence-corrected chi connectivity index (χ2v) is 7.93. The molecule has 0 fully saturated rings. The molecule has 0 unspecified atom stereocenters. The summed E-state index contributed by atoms with van der Waals surface area (Å²) in [5.74, 6) is 0.00389. The van der Waals surface area contributed by atoms with Crippen LogP contribution in [-0.2, 0) is 19.9 Å².